The zero-order valence-electron chi connectivity index (χ0n) is 44.6. The first kappa shape index (κ1) is 49.8. The van der Waals surface area contributed by atoms with Crippen LogP contribution in [0, 0.1) is 56.7 Å². The Labute approximate surface area is 482 Å². The van der Waals surface area contributed by atoms with Gasteiger partial charge in [0.1, 0.15) is 0 Å². The molecular formula is C74H40N10. The summed E-state index contributed by atoms with van der Waals surface area (Å²) in [5, 5.41) is 54.0. The average Bonchev–Trinajstić information content (AvgIpc) is 1.80. The molecule has 386 valence electrons. The van der Waals surface area contributed by atoms with Crippen molar-refractivity contribution in [2.75, 3.05) is 0 Å². The van der Waals surface area contributed by atoms with Crippen LogP contribution < -0.4 is 0 Å². The molecule has 0 aliphatic rings. The predicted octanol–water partition coefficient (Wildman–Crippen LogP) is 17.1. The van der Waals surface area contributed by atoms with Crippen LogP contribution in [0.15, 0.2) is 243 Å². The minimum atomic E-state index is 0.369. The van der Waals surface area contributed by atoms with E-state index in [1.54, 1.807) is 0 Å². The minimum absolute atomic E-state index is 0.369. The van der Waals surface area contributed by atoms with E-state index in [1.165, 1.54) is 0 Å². The Hall–Kier alpha value is -12.5. The molecule has 0 atom stereocenters. The summed E-state index contributed by atoms with van der Waals surface area (Å²) in [5.41, 5.74) is 17.1. The van der Waals surface area contributed by atoms with Gasteiger partial charge in [0, 0.05) is 32.7 Å². The molecular weight excluding hydrogens is 1030 g/mol. The monoisotopic (exact) mass is 1070 g/mol. The van der Waals surface area contributed by atoms with E-state index >= 15 is 0 Å². The molecule has 14 aromatic rings. The van der Waals surface area contributed by atoms with Crippen LogP contribution in [0.1, 0.15) is 27.8 Å². The number of fused-ring (bicyclic) bond motifs is 6. The van der Waals surface area contributed by atoms with Gasteiger partial charge < -0.3 is 9.13 Å². The van der Waals surface area contributed by atoms with Gasteiger partial charge >= 0.3 is 0 Å². The molecule has 10 heteroatoms. The highest BCUT2D eigenvalue weighted by atomic mass is 15.1. The first-order valence-corrected chi connectivity index (χ1v) is 27.0. The minimum Gasteiger partial charge on any atom is -0.308 e. The number of hydrogen-bond donors (Lipinski definition) is 0. The largest absolute Gasteiger partial charge is 0.308 e. The molecule has 10 nitrogen and oxygen atoms in total. The summed E-state index contributed by atoms with van der Waals surface area (Å²) in [6, 6.07) is 90.9. The zero-order chi connectivity index (χ0) is 56.8. The maximum Gasteiger partial charge on any atom is 0.168 e. The van der Waals surface area contributed by atoms with Gasteiger partial charge in [-0.25, -0.2) is 15.0 Å². The molecule has 0 amide bonds. The molecule has 0 saturated carbocycles. The van der Waals surface area contributed by atoms with E-state index in [9.17, 15) is 26.3 Å². The molecule has 0 bridgehead atoms. The van der Waals surface area contributed by atoms with Gasteiger partial charge in [0.2, 0.25) is 0 Å². The fourth-order valence-electron chi connectivity index (χ4n) is 11.4. The topological polar surface area (TPSA) is 167 Å². The Morgan fingerprint density at radius 1 is 0.238 bits per heavy atom. The van der Waals surface area contributed by atoms with E-state index in [0.717, 1.165) is 99.2 Å². The molecule has 0 fully saturated rings. The van der Waals surface area contributed by atoms with Gasteiger partial charge in [0.05, 0.1) is 97.2 Å². The number of nitriles is 5. The van der Waals surface area contributed by atoms with Crippen molar-refractivity contribution in [3.63, 3.8) is 0 Å². The van der Waals surface area contributed by atoms with Crippen molar-refractivity contribution in [1.82, 2.24) is 24.1 Å². The molecule has 0 spiro atoms. The maximum absolute atomic E-state index is 11.4. The lowest BCUT2D eigenvalue weighted by Crippen LogP contribution is -2.08. The maximum atomic E-state index is 11.4. The van der Waals surface area contributed by atoms with E-state index in [1.807, 2.05) is 170 Å². The summed E-state index contributed by atoms with van der Waals surface area (Å²) < 4.78 is 4.42. The summed E-state index contributed by atoms with van der Waals surface area (Å²) in [6.07, 6.45) is 0. The van der Waals surface area contributed by atoms with Crippen molar-refractivity contribution in [2.45, 2.75) is 0 Å². The quantitative estimate of drug-likeness (QED) is 0.138. The number of aromatic nitrogens is 5. The van der Waals surface area contributed by atoms with Crippen molar-refractivity contribution in [1.29, 1.82) is 26.3 Å². The van der Waals surface area contributed by atoms with Crippen LogP contribution in [0.2, 0.25) is 0 Å². The standard InChI is InChI=1S/C74H40N10/c75-41-46-11-19-51(20-12-46)57-27-31-65-61(37-57)62-38-58(52-21-13-47(42-76)14-22-52)28-32-66(62)83(65)69-35-50(45-79)36-70(71(69)74-81-72(55-7-3-1-4-8-55)80-73(82-74)56-9-5-2-6-10-56)84-67-33-29-59(53-23-15-48(43-77)16-24-53)39-63(67)64-40-60(30-34-68(64)84)54-25-17-49(44-78)18-26-54/h1-40H. The smallest absolute Gasteiger partial charge is 0.168 e. The number of hydrogen-bond acceptors (Lipinski definition) is 8. The van der Waals surface area contributed by atoms with E-state index in [4.69, 9.17) is 15.0 Å². The van der Waals surface area contributed by atoms with Crippen molar-refractivity contribution in [3.8, 4) is 120 Å². The Kier molecular flexibility index (Phi) is 12.2. The third kappa shape index (κ3) is 8.70. The van der Waals surface area contributed by atoms with Crippen LogP contribution in [0.4, 0.5) is 0 Å². The molecule has 0 aliphatic heterocycles. The van der Waals surface area contributed by atoms with Crippen molar-refractivity contribution in [2.24, 2.45) is 0 Å². The molecule has 84 heavy (non-hydrogen) atoms. The lowest BCUT2D eigenvalue weighted by molar-refractivity contribution is 1.05. The first-order valence-electron chi connectivity index (χ1n) is 27.0. The Balaban J connectivity index is 1.12. The highest BCUT2D eigenvalue weighted by Gasteiger charge is 2.27. The van der Waals surface area contributed by atoms with E-state index in [-0.39, 0.29) is 0 Å². The Morgan fingerprint density at radius 2 is 0.500 bits per heavy atom. The molecule has 3 aromatic heterocycles. The van der Waals surface area contributed by atoms with Crippen LogP contribution in [-0.2, 0) is 0 Å². The van der Waals surface area contributed by atoms with Crippen LogP contribution in [0.3, 0.4) is 0 Å². The summed E-state index contributed by atoms with van der Waals surface area (Å²) in [4.78, 5) is 16.1. The first-order chi connectivity index (χ1) is 41.4. The summed E-state index contributed by atoms with van der Waals surface area (Å²) in [7, 11) is 0. The van der Waals surface area contributed by atoms with Gasteiger partial charge in [-0.3, -0.25) is 0 Å². The van der Waals surface area contributed by atoms with Gasteiger partial charge in [-0.1, -0.05) is 133 Å². The second-order valence-corrected chi connectivity index (χ2v) is 20.4. The number of benzene rings is 11. The third-order valence-corrected chi connectivity index (χ3v) is 15.6. The van der Waals surface area contributed by atoms with Gasteiger partial charge in [0.15, 0.2) is 17.5 Å². The Morgan fingerprint density at radius 3 is 0.774 bits per heavy atom. The SMILES string of the molecule is N#Cc1ccc(-c2ccc3c(c2)c2cc(-c4ccc(C#N)cc4)ccc2n3-c2cc(C#N)cc(-n3c4ccc(-c5ccc(C#N)cc5)cc4c4cc(-c5ccc(C#N)cc5)ccc43)c2-c2nc(-c3ccccc3)nc(-c3ccccc3)n2)cc1. The molecule has 0 saturated heterocycles. The lowest BCUT2D eigenvalue weighted by atomic mass is 9.99. The molecule has 0 aliphatic carbocycles. The van der Waals surface area contributed by atoms with Gasteiger partial charge in [-0.2, -0.15) is 26.3 Å². The van der Waals surface area contributed by atoms with Crippen molar-refractivity contribution < 1.29 is 0 Å². The molecule has 14 rings (SSSR count). The van der Waals surface area contributed by atoms with Gasteiger partial charge in [-0.05, 0) is 154 Å². The van der Waals surface area contributed by atoms with Gasteiger partial charge in [0.25, 0.3) is 0 Å². The highest BCUT2D eigenvalue weighted by molar-refractivity contribution is 6.14. The molecule has 0 N–H and O–H groups in total. The molecule has 11 aromatic carbocycles. The van der Waals surface area contributed by atoms with E-state index < -0.39 is 0 Å². The second-order valence-electron chi connectivity index (χ2n) is 20.4. The fraction of sp³-hybridized carbons (Fsp3) is 0. The molecule has 0 radical (unpaired) electrons. The van der Waals surface area contributed by atoms with E-state index in [2.05, 4.69) is 112 Å². The predicted molar refractivity (Wildman–Crippen MR) is 330 cm³/mol. The zero-order valence-corrected chi connectivity index (χ0v) is 44.6. The second kappa shape index (κ2) is 20.6. The van der Waals surface area contributed by atoms with Crippen molar-refractivity contribution in [3.05, 3.63) is 270 Å². The number of nitrogens with zero attached hydrogens (tertiary/aromatic N) is 10. The van der Waals surface area contributed by atoms with Crippen LogP contribution in [-0.4, -0.2) is 24.1 Å². The average molecular weight is 1070 g/mol. The molecule has 3 heterocycles. The van der Waals surface area contributed by atoms with Crippen molar-refractivity contribution >= 4 is 43.6 Å². The molecule has 0 unspecified atom stereocenters. The van der Waals surface area contributed by atoms with Gasteiger partial charge in [-0.15, -0.1) is 0 Å². The highest BCUT2D eigenvalue weighted by Crippen LogP contribution is 2.45. The fourth-order valence-corrected chi connectivity index (χ4v) is 11.4. The van der Waals surface area contributed by atoms with Crippen LogP contribution in [0.5, 0.6) is 0 Å². The van der Waals surface area contributed by atoms with Crippen LogP contribution in [0.25, 0.3) is 134 Å². The summed E-state index contributed by atoms with van der Waals surface area (Å²) in [5.74, 6) is 1.29. The van der Waals surface area contributed by atoms with Crippen LogP contribution >= 0.6 is 0 Å². The van der Waals surface area contributed by atoms with E-state index in [0.29, 0.717) is 62.2 Å². The normalized spacial score (nSPS) is 11.0. The Bertz CT molecular complexity index is 4650. The summed E-state index contributed by atoms with van der Waals surface area (Å²) >= 11 is 0. The lowest BCUT2D eigenvalue weighted by Gasteiger charge is -2.20. The summed E-state index contributed by atoms with van der Waals surface area (Å²) in [6.45, 7) is 0. The third-order valence-electron chi connectivity index (χ3n) is 15.6. The number of rotatable bonds is 9.